The third-order valence-electron chi connectivity index (χ3n) is 4.29. The Morgan fingerprint density at radius 2 is 1.95 bits per heavy atom. The van der Waals surface area contributed by atoms with Crippen molar-refractivity contribution in [3.8, 4) is 0 Å². The number of nitrogens with zero attached hydrogens (tertiary/aromatic N) is 1. The van der Waals surface area contributed by atoms with Crippen LogP contribution in [0.1, 0.15) is 17.5 Å². The predicted molar refractivity (Wildman–Crippen MR) is 90.9 cm³/mol. The van der Waals surface area contributed by atoms with Gasteiger partial charge in [0.1, 0.15) is 0 Å². The van der Waals surface area contributed by atoms with E-state index in [1.807, 2.05) is 6.07 Å². The van der Waals surface area contributed by atoms with E-state index in [0.29, 0.717) is 0 Å². The largest absolute Gasteiger partial charge is 0.390 e. The molecule has 0 amide bonds. The van der Waals surface area contributed by atoms with E-state index in [1.54, 1.807) is 0 Å². The molecule has 1 aliphatic rings. The van der Waals surface area contributed by atoms with E-state index in [2.05, 4.69) is 65.7 Å². The van der Waals surface area contributed by atoms with E-state index in [9.17, 15) is 5.11 Å². The SMILES string of the molecule is Cc1cccc(N[C@H]2CCN(Cc3ccccc3)C[C@@H]2O)c1. The molecule has 116 valence electrons. The Morgan fingerprint density at radius 1 is 1.14 bits per heavy atom. The number of likely N-dealkylation sites (tertiary alicyclic amines) is 1. The maximum atomic E-state index is 10.4. The normalized spacial score (nSPS) is 22.5. The molecule has 0 spiro atoms. The molecule has 0 aromatic heterocycles. The van der Waals surface area contributed by atoms with Crippen LogP contribution in [-0.4, -0.2) is 35.2 Å². The number of aliphatic hydroxyl groups excluding tert-OH is 1. The average molecular weight is 296 g/mol. The fourth-order valence-corrected chi connectivity index (χ4v) is 3.10. The lowest BCUT2D eigenvalue weighted by atomic mass is 10.0. The molecule has 3 nitrogen and oxygen atoms in total. The molecular formula is C19H24N2O. The van der Waals surface area contributed by atoms with Crippen LogP contribution in [0.3, 0.4) is 0 Å². The van der Waals surface area contributed by atoms with Crippen LogP contribution in [0.15, 0.2) is 54.6 Å². The lowest BCUT2D eigenvalue weighted by Gasteiger charge is -2.36. The third kappa shape index (κ3) is 3.87. The van der Waals surface area contributed by atoms with Crippen molar-refractivity contribution in [1.82, 2.24) is 4.90 Å². The summed E-state index contributed by atoms with van der Waals surface area (Å²) in [5.41, 5.74) is 3.64. The second kappa shape index (κ2) is 6.95. The van der Waals surface area contributed by atoms with Crippen LogP contribution in [-0.2, 0) is 6.54 Å². The predicted octanol–water partition coefficient (Wildman–Crippen LogP) is 3.04. The van der Waals surface area contributed by atoms with Crippen LogP contribution in [0.5, 0.6) is 0 Å². The zero-order valence-corrected chi connectivity index (χ0v) is 13.1. The van der Waals surface area contributed by atoms with Crippen LogP contribution >= 0.6 is 0 Å². The van der Waals surface area contributed by atoms with Crippen LogP contribution < -0.4 is 5.32 Å². The number of rotatable bonds is 4. The van der Waals surface area contributed by atoms with Crippen molar-refractivity contribution >= 4 is 5.69 Å². The van der Waals surface area contributed by atoms with E-state index in [-0.39, 0.29) is 12.1 Å². The van der Waals surface area contributed by atoms with Gasteiger partial charge in [-0.25, -0.2) is 0 Å². The summed E-state index contributed by atoms with van der Waals surface area (Å²) in [7, 11) is 0. The summed E-state index contributed by atoms with van der Waals surface area (Å²) >= 11 is 0. The number of aliphatic hydroxyl groups is 1. The monoisotopic (exact) mass is 296 g/mol. The number of nitrogens with one attached hydrogen (secondary N) is 1. The molecule has 0 radical (unpaired) electrons. The van der Waals surface area contributed by atoms with Gasteiger partial charge in [0.05, 0.1) is 12.1 Å². The summed E-state index contributed by atoms with van der Waals surface area (Å²) in [5.74, 6) is 0. The number of anilines is 1. The lowest BCUT2D eigenvalue weighted by molar-refractivity contribution is 0.0562. The minimum atomic E-state index is -0.335. The summed E-state index contributed by atoms with van der Waals surface area (Å²) in [6.45, 7) is 4.73. The molecule has 0 saturated carbocycles. The van der Waals surface area contributed by atoms with Gasteiger partial charge in [-0.1, -0.05) is 42.5 Å². The van der Waals surface area contributed by atoms with Gasteiger partial charge < -0.3 is 10.4 Å². The number of hydrogen-bond donors (Lipinski definition) is 2. The third-order valence-corrected chi connectivity index (χ3v) is 4.29. The number of hydrogen-bond acceptors (Lipinski definition) is 3. The Bertz CT molecular complexity index is 599. The molecule has 1 aliphatic heterocycles. The maximum Gasteiger partial charge on any atom is 0.0868 e. The molecule has 0 aliphatic carbocycles. The highest BCUT2D eigenvalue weighted by atomic mass is 16.3. The van der Waals surface area contributed by atoms with E-state index >= 15 is 0 Å². The average Bonchev–Trinajstić information content (AvgIpc) is 2.51. The van der Waals surface area contributed by atoms with Crippen molar-refractivity contribution in [3.05, 3.63) is 65.7 Å². The van der Waals surface area contributed by atoms with Gasteiger partial charge in [-0.05, 0) is 36.6 Å². The first-order valence-electron chi connectivity index (χ1n) is 7.98. The summed E-state index contributed by atoms with van der Waals surface area (Å²) in [4.78, 5) is 2.33. The molecule has 22 heavy (non-hydrogen) atoms. The fourth-order valence-electron chi connectivity index (χ4n) is 3.10. The Balaban J connectivity index is 1.56. The Labute approximate surface area is 132 Å². The van der Waals surface area contributed by atoms with Gasteiger partial charge >= 0.3 is 0 Å². The standard InChI is InChI=1S/C19H24N2O/c1-15-6-5-9-17(12-15)20-18-10-11-21(14-19(18)22)13-16-7-3-2-4-8-16/h2-9,12,18-20,22H,10-11,13-14H2,1H3/t18-,19-/m0/s1. The second-order valence-electron chi connectivity index (χ2n) is 6.20. The van der Waals surface area contributed by atoms with Gasteiger partial charge in [-0.15, -0.1) is 0 Å². The van der Waals surface area contributed by atoms with Gasteiger partial charge in [0.15, 0.2) is 0 Å². The van der Waals surface area contributed by atoms with Gasteiger partial charge in [-0.2, -0.15) is 0 Å². The Hall–Kier alpha value is -1.84. The van der Waals surface area contributed by atoms with Gasteiger partial charge in [0.25, 0.3) is 0 Å². The topological polar surface area (TPSA) is 35.5 Å². The second-order valence-corrected chi connectivity index (χ2v) is 6.20. The fraction of sp³-hybridized carbons (Fsp3) is 0.368. The quantitative estimate of drug-likeness (QED) is 0.910. The first-order chi connectivity index (χ1) is 10.7. The van der Waals surface area contributed by atoms with Crippen molar-refractivity contribution in [3.63, 3.8) is 0 Å². The molecule has 2 N–H and O–H groups in total. The van der Waals surface area contributed by atoms with Crippen molar-refractivity contribution in [2.45, 2.75) is 32.0 Å². The Kier molecular flexibility index (Phi) is 4.76. The van der Waals surface area contributed by atoms with Gasteiger partial charge in [0.2, 0.25) is 0 Å². The molecule has 2 aromatic rings. The van der Waals surface area contributed by atoms with Crippen molar-refractivity contribution in [2.24, 2.45) is 0 Å². The van der Waals surface area contributed by atoms with Gasteiger partial charge in [0, 0.05) is 25.3 Å². The maximum absolute atomic E-state index is 10.4. The first-order valence-corrected chi connectivity index (χ1v) is 7.98. The molecule has 3 heteroatoms. The molecule has 0 unspecified atom stereocenters. The summed E-state index contributed by atoms with van der Waals surface area (Å²) < 4.78 is 0. The van der Waals surface area contributed by atoms with Crippen LogP contribution in [0.25, 0.3) is 0 Å². The number of β-amino-alcohol motifs (C(OH)–C–C–N with tert-alkyl or cyclic N) is 1. The number of benzene rings is 2. The first kappa shape index (κ1) is 15.1. The number of piperidine rings is 1. The van der Waals surface area contributed by atoms with Crippen LogP contribution in [0.2, 0.25) is 0 Å². The molecule has 3 rings (SSSR count). The van der Waals surface area contributed by atoms with E-state index in [4.69, 9.17) is 0 Å². The highest BCUT2D eigenvalue weighted by molar-refractivity contribution is 5.46. The zero-order valence-electron chi connectivity index (χ0n) is 13.1. The molecule has 0 bridgehead atoms. The molecule has 1 saturated heterocycles. The summed E-state index contributed by atoms with van der Waals surface area (Å²) in [6, 6.07) is 18.9. The molecular weight excluding hydrogens is 272 g/mol. The van der Waals surface area contributed by atoms with E-state index < -0.39 is 0 Å². The van der Waals surface area contributed by atoms with E-state index in [1.165, 1.54) is 11.1 Å². The van der Waals surface area contributed by atoms with Crippen molar-refractivity contribution < 1.29 is 5.11 Å². The summed E-state index contributed by atoms with van der Waals surface area (Å²) in [6.07, 6.45) is 0.625. The van der Waals surface area contributed by atoms with Crippen LogP contribution in [0, 0.1) is 6.92 Å². The van der Waals surface area contributed by atoms with Crippen LogP contribution in [0.4, 0.5) is 5.69 Å². The van der Waals surface area contributed by atoms with Gasteiger partial charge in [-0.3, -0.25) is 4.90 Å². The highest BCUT2D eigenvalue weighted by Crippen LogP contribution is 2.19. The minimum absolute atomic E-state index is 0.133. The smallest absolute Gasteiger partial charge is 0.0868 e. The number of aryl methyl sites for hydroxylation is 1. The minimum Gasteiger partial charge on any atom is -0.390 e. The van der Waals surface area contributed by atoms with E-state index in [0.717, 1.165) is 31.7 Å². The molecule has 2 aromatic carbocycles. The zero-order chi connectivity index (χ0) is 15.4. The van der Waals surface area contributed by atoms with Crippen molar-refractivity contribution in [1.29, 1.82) is 0 Å². The summed E-state index contributed by atoms with van der Waals surface area (Å²) in [5, 5.41) is 13.9. The van der Waals surface area contributed by atoms with Crippen molar-refractivity contribution in [2.75, 3.05) is 18.4 Å². The highest BCUT2D eigenvalue weighted by Gasteiger charge is 2.27. The Morgan fingerprint density at radius 3 is 2.68 bits per heavy atom. The molecule has 1 heterocycles. The molecule has 2 atom stereocenters. The lowest BCUT2D eigenvalue weighted by Crippen LogP contribution is -2.49. The molecule has 1 fully saturated rings.